The third-order valence-electron chi connectivity index (χ3n) is 2.90. The molecule has 5 heteroatoms. The lowest BCUT2D eigenvalue weighted by atomic mass is 10.1. The number of aromatic nitrogens is 2. The number of nitriles is 1. The maximum atomic E-state index is 11.9. The zero-order valence-corrected chi connectivity index (χ0v) is 11.3. The molecule has 2 aromatic rings. The van der Waals surface area contributed by atoms with E-state index in [0.29, 0.717) is 18.5 Å². The summed E-state index contributed by atoms with van der Waals surface area (Å²) in [4.78, 5) is 15.9. The molecule has 1 N–H and O–H groups in total. The first kappa shape index (κ1) is 13.8. The van der Waals surface area contributed by atoms with E-state index in [1.807, 2.05) is 17.7 Å². The van der Waals surface area contributed by atoms with Crippen molar-refractivity contribution in [3.63, 3.8) is 0 Å². The summed E-state index contributed by atoms with van der Waals surface area (Å²) in [6.45, 7) is 2.65. The van der Waals surface area contributed by atoms with Crippen molar-refractivity contribution in [2.75, 3.05) is 0 Å². The Hall–Kier alpha value is -2.61. The molecule has 102 valence electrons. The van der Waals surface area contributed by atoms with Crippen LogP contribution in [0.5, 0.6) is 0 Å². The van der Waals surface area contributed by atoms with Crippen LogP contribution < -0.4 is 5.32 Å². The van der Waals surface area contributed by atoms with Crippen LogP contribution in [0.3, 0.4) is 0 Å². The molecule has 20 heavy (non-hydrogen) atoms. The Balaban J connectivity index is 1.83. The van der Waals surface area contributed by atoms with Crippen LogP contribution in [0.25, 0.3) is 0 Å². The monoisotopic (exact) mass is 268 g/mol. The van der Waals surface area contributed by atoms with E-state index in [-0.39, 0.29) is 11.9 Å². The molecule has 2 rings (SSSR count). The van der Waals surface area contributed by atoms with Crippen molar-refractivity contribution in [2.24, 2.45) is 0 Å². The van der Waals surface area contributed by atoms with Gasteiger partial charge in [0.25, 0.3) is 0 Å². The Morgan fingerprint density at radius 1 is 1.45 bits per heavy atom. The molecule has 1 atom stereocenters. The number of hydrogen-bond donors (Lipinski definition) is 1. The molecule has 1 amide bonds. The Labute approximate surface area is 117 Å². The standard InChI is InChI=1S/C15H16N4O/c1-12(10-19-7-6-17-11-19)18-15(20)8-13-2-4-14(9-16)5-3-13/h2-7,11-12H,8,10H2,1H3,(H,18,20). The number of hydrogen-bond acceptors (Lipinski definition) is 3. The quantitative estimate of drug-likeness (QED) is 0.893. The van der Waals surface area contributed by atoms with E-state index in [2.05, 4.69) is 16.4 Å². The SMILES string of the molecule is CC(Cn1ccnc1)NC(=O)Cc1ccc(C#N)cc1. The van der Waals surface area contributed by atoms with E-state index >= 15 is 0 Å². The van der Waals surface area contributed by atoms with Crippen LogP contribution in [0, 0.1) is 11.3 Å². The molecule has 0 spiro atoms. The number of benzene rings is 1. The van der Waals surface area contributed by atoms with Gasteiger partial charge in [-0.1, -0.05) is 12.1 Å². The van der Waals surface area contributed by atoms with Crippen LogP contribution in [-0.4, -0.2) is 21.5 Å². The minimum Gasteiger partial charge on any atom is -0.352 e. The van der Waals surface area contributed by atoms with Gasteiger partial charge in [0.05, 0.1) is 24.4 Å². The van der Waals surface area contributed by atoms with Gasteiger partial charge in [0.1, 0.15) is 0 Å². The van der Waals surface area contributed by atoms with Crippen LogP contribution >= 0.6 is 0 Å². The summed E-state index contributed by atoms with van der Waals surface area (Å²) in [7, 11) is 0. The molecular weight excluding hydrogens is 252 g/mol. The first-order valence-corrected chi connectivity index (χ1v) is 6.41. The number of rotatable bonds is 5. The molecule has 0 aliphatic rings. The first-order valence-electron chi connectivity index (χ1n) is 6.41. The lowest BCUT2D eigenvalue weighted by Gasteiger charge is -2.14. The molecule has 1 aromatic heterocycles. The highest BCUT2D eigenvalue weighted by atomic mass is 16.1. The molecule has 1 heterocycles. The fraction of sp³-hybridized carbons (Fsp3) is 0.267. The van der Waals surface area contributed by atoms with Crippen molar-refractivity contribution >= 4 is 5.91 Å². The maximum Gasteiger partial charge on any atom is 0.224 e. The summed E-state index contributed by atoms with van der Waals surface area (Å²) >= 11 is 0. The second kappa shape index (κ2) is 6.53. The van der Waals surface area contributed by atoms with Gasteiger partial charge in [-0.3, -0.25) is 4.79 Å². The van der Waals surface area contributed by atoms with Crippen LogP contribution in [-0.2, 0) is 17.8 Å². The molecule has 0 saturated carbocycles. The summed E-state index contributed by atoms with van der Waals surface area (Å²) in [5, 5.41) is 11.7. The van der Waals surface area contributed by atoms with Crippen molar-refractivity contribution in [3.8, 4) is 6.07 Å². The molecule has 5 nitrogen and oxygen atoms in total. The van der Waals surface area contributed by atoms with E-state index < -0.39 is 0 Å². The Bertz CT molecular complexity index is 596. The first-order chi connectivity index (χ1) is 9.67. The van der Waals surface area contributed by atoms with Crippen molar-refractivity contribution in [1.29, 1.82) is 5.26 Å². The zero-order valence-electron chi connectivity index (χ0n) is 11.3. The Morgan fingerprint density at radius 3 is 2.80 bits per heavy atom. The molecular formula is C15H16N4O. The summed E-state index contributed by atoms with van der Waals surface area (Å²) < 4.78 is 1.92. The largest absolute Gasteiger partial charge is 0.352 e. The summed E-state index contributed by atoms with van der Waals surface area (Å²) in [6, 6.07) is 9.14. The van der Waals surface area contributed by atoms with Crippen LogP contribution in [0.1, 0.15) is 18.1 Å². The van der Waals surface area contributed by atoms with Gasteiger partial charge in [-0.05, 0) is 24.6 Å². The molecule has 0 aliphatic carbocycles. The van der Waals surface area contributed by atoms with Crippen molar-refractivity contribution < 1.29 is 4.79 Å². The Kier molecular flexibility index (Phi) is 4.51. The number of nitrogens with one attached hydrogen (secondary N) is 1. The van der Waals surface area contributed by atoms with Crippen molar-refractivity contribution in [3.05, 3.63) is 54.1 Å². The van der Waals surface area contributed by atoms with Crippen molar-refractivity contribution in [1.82, 2.24) is 14.9 Å². The Morgan fingerprint density at radius 2 is 2.20 bits per heavy atom. The van der Waals surface area contributed by atoms with Crippen LogP contribution in [0.2, 0.25) is 0 Å². The van der Waals surface area contributed by atoms with Gasteiger partial charge in [0.2, 0.25) is 5.91 Å². The third-order valence-corrected chi connectivity index (χ3v) is 2.90. The molecule has 0 saturated heterocycles. The van der Waals surface area contributed by atoms with Gasteiger partial charge >= 0.3 is 0 Å². The normalized spacial score (nSPS) is 11.6. The minimum absolute atomic E-state index is 0.0256. The van der Waals surface area contributed by atoms with E-state index in [9.17, 15) is 4.79 Å². The lowest BCUT2D eigenvalue weighted by Crippen LogP contribution is -2.36. The number of nitrogens with zero attached hydrogens (tertiary/aromatic N) is 3. The van der Waals surface area contributed by atoms with E-state index in [4.69, 9.17) is 5.26 Å². The number of amides is 1. The average Bonchev–Trinajstić information content (AvgIpc) is 2.92. The molecule has 0 fully saturated rings. The predicted molar refractivity (Wildman–Crippen MR) is 74.7 cm³/mol. The van der Waals surface area contributed by atoms with Gasteiger partial charge in [0.15, 0.2) is 0 Å². The summed E-state index contributed by atoms with van der Waals surface area (Å²) in [5.74, 6) is -0.0256. The predicted octanol–water partition coefficient (Wildman–Crippen LogP) is 1.50. The number of carbonyl (C=O) groups excluding carboxylic acids is 1. The fourth-order valence-electron chi connectivity index (χ4n) is 1.96. The molecule has 0 radical (unpaired) electrons. The fourth-order valence-corrected chi connectivity index (χ4v) is 1.96. The van der Waals surface area contributed by atoms with Gasteiger partial charge in [0, 0.05) is 25.0 Å². The maximum absolute atomic E-state index is 11.9. The van der Waals surface area contributed by atoms with Gasteiger partial charge < -0.3 is 9.88 Å². The zero-order chi connectivity index (χ0) is 14.4. The molecule has 0 bridgehead atoms. The highest BCUT2D eigenvalue weighted by molar-refractivity contribution is 5.78. The topological polar surface area (TPSA) is 70.7 Å². The smallest absolute Gasteiger partial charge is 0.224 e. The third kappa shape index (κ3) is 3.95. The van der Waals surface area contributed by atoms with E-state index in [0.717, 1.165) is 5.56 Å². The van der Waals surface area contributed by atoms with Gasteiger partial charge in [-0.2, -0.15) is 5.26 Å². The minimum atomic E-state index is -0.0256. The second-order valence-electron chi connectivity index (χ2n) is 4.71. The van der Waals surface area contributed by atoms with Gasteiger partial charge in [-0.15, -0.1) is 0 Å². The van der Waals surface area contributed by atoms with E-state index in [1.165, 1.54) is 0 Å². The lowest BCUT2D eigenvalue weighted by molar-refractivity contribution is -0.121. The number of imidazole rings is 1. The molecule has 0 aliphatic heterocycles. The summed E-state index contributed by atoms with van der Waals surface area (Å²) in [5.41, 5.74) is 1.50. The summed E-state index contributed by atoms with van der Waals surface area (Å²) in [6.07, 6.45) is 5.62. The highest BCUT2D eigenvalue weighted by Crippen LogP contribution is 2.04. The van der Waals surface area contributed by atoms with Crippen molar-refractivity contribution in [2.45, 2.75) is 25.9 Å². The number of carbonyl (C=O) groups is 1. The highest BCUT2D eigenvalue weighted by Gasteiger charge is 2.08. The average molecular weight is 268 g/mol. The van der Waals surface area contributed by atoms with Gasteiger partial charge in [-0.25, -0.2) is 4.98 Å². The molecule has 1 aromatic carbocycles. The molecule has 1 unspecified atom stereocenters. The van der Waals surface area contributed by atoms with Crippen LogP contribution in [0.15, 0.2) is 43.0 Å². The second-order valence-corrected chi connectivity index (χ2v) is 4.71. The van der Waals surface area contributed by atoms with Crippen LogP contribution in [0.4, 0.5) is 0 Å². The van der Waals surface area contributed by atoms with E-state index in [1.54, 1.807) is 36.8 Å².